The molecule has 0 aliphatic carbocycles. The van der Waals surface area contributed by atoms with Crippen LogP contribution < -0.4 is 10.0 Å². The van der Waals surface area contributed by atoms with Gasteiger partial charge in [0, 0.05) is 17.8 Å². The van der Waals surface area contributed by atoms with Crippen molar-refractivity contribution in [2.75, 3.05) is 11.9 Å². The van der Waals surface area contributed by atoms with E-state index in [-0.39, 0.29) is 10.8 Å². The average molecular weight is 400 g/mol. The number of aryl methyl sites for hydroxylation is 1. The van der Waals surface area contributed by atoms with E-state index in [1.54, 1.807) is 29.8 Å². The molecule has 28 heavy (non-hydrogen) atoms. The standard InChI is InChI=1S/C18H20N6O3S/c1-3-11-19-28(26,27)17-9-7-14(8-10-17)18(25)20-15-5-4-6-16(12-15)24-13(2)21-22-23-24/h4-10,12,19H,3,11H2,1-2H3,(H,20,25). The van der Waals surface area contributed by atoms with Crippen LogP contribution in [-0.2, 0) is 10.0 Å². The van der Waals surface area contributed by atoms with Crippen molar-refractivity contribution in [1.82, 2.24) is 24.9 Å². The van der Waals surface area contributed by atoms with Gasteiger partial charge in [0.2, 0.25) is 10.0 Å². The Balaban J connectivity index is 1.74. The van der Waals surface area contributed by atoms with Crippen LogP contribution in [0.3, 0.4) is 0 Å². The quantitative estimate of drug-likeness (QED) is 0.625. The fourth-order valence-electron chi connectivity index (χ4n) is 2.49. The number of nitrogens with one attached hydrogen (secondary N) is 2. The van der Waals surface area contributed by atoms with Gasteiger partial charge in [-0.2, -0.15) is 4.68 Å². The minimum Gasteiger partial charge on any atom is -0.322 e. The molecule has 3 rings (SSSR count). The number of hydrogen-bond acceptors (Lipinski definition) is 6. The highest BCUT2D eigenvalue weighted by molar-refractivity contribution is 7.89. The smallest absolute Gasteiger partial charge is 0.255 e. The lowest BCUT2D eigenvalue weighted by molar-refractivity contribution is 0.102. The van der Waals surface area contributed by atoms with Crippen molar-refractivity contribution in [2.24, 2.45) is 0 Å². The fraction of sp³-hybridized carbons (Fsp3) is 0.222. The van der Waals surface area contributed by atoms with Gasteiger partial charge in [-0.15, -0.1) is 5.10 Å². The monoisotopic (exact) mass is 400 g/mol. The van der Waals surface area contributed by atoms with Crippen molar-refractivity contribution < 1.29 is 13.2 Å². The minimum atomic E-state index is -3.56. The Kier molecular flexibility index (Phi) is 5.81. The average Bonchev–Trinajstić information content (AvgIpc) is 3.12. The molecule has 0 radical (unpaired) electrons. The van der Waals surface area contributed by atoms with Crippen LogP contribution in [0.4, 0.5) is 5.69 Å². The maximum Gasteiger partial charge on any atom is 0.255 e. The molecule has 0 aliphatic rings. The molecular weight excluding hydrogens is 380 g/mol. The van der Waals surface area contributed by atoms with Gasteiger partial charge in [-0.1, -0.05) is 13.0 Å². The predicted octanol–water partition coefficient (Wildman–Crippen LogP) is 1.91. The SMILES string of the molecule is CCCNS(=O)(=O)c1ccc(C(=O)Nc2cccc(-n3nnnc3C)c2)cc1. The fourth-order valence-corrected chi connectivity index (χ4v) is 3.63. The summed E-state index contributed by atoms with van der Waals surface area (Å²) in [5, 5.41) is 14.1. The van der Waals surface area contributed by atoms with Gasteiger partial charge in [0.1, 0.15) is 0 Å². The number of amides is 1. The zero-order valence-electron chi connectivity index (χ0n) is 15.5. The highest BCUT2D eigenvalue weighted by Crippen LogP contribution is 2.17. The zero-order valence-corrected chi connectivity index (χ0v) is 16.3. The van der Waals surface area contributed by atoms with E-state index in [2.05, 4.69) is 25.6 Å². The number of benzene rings is 2. The van der Waals surface area contributed by atoms with Crippen LogP contribution >= 0.6 is 0 Å². The van der Waals surface area contributed by atoms with Crippen molar-refractivity contribution >= 4 is 21.6 Å². The van der Waals surface area contributed by atoms with E-state index >= 15 is 0 Å². The Morgan fingerprint density at radius 2 is 1.89 bits per heavy atom. The number of rotatable bonds is 7. The number of anilines is 1. The maximum atomic E-state index is 12.5. The molecule has 2 aromatic carbocycles. The van der Waals surface area contributed by atoms with Crippen LogP contribution in [0, 0.1) is 6.92 Å². The van der Waals surface area contributed by atoms with Crippen LogP contribution in [0.1, 0.15) is 29.5 Å². The molecule has 0 spiro atoms. The van der Waals surface area contributed by atoms with Gasteiger partial charge in [-0.05, 0) is 66.2 Å². The molecule has 0 saturated heterocycles. The second-order valence-electron chi connectivity index (χ2n) is 6.06. The highest BCUT2D eigenvalue weighted by atomic mass is 32.2. The van der Waals surface area contributed by atoms with Crippen molar-refractivity contribution in [1.29, 1.82) is 0 Å². The first-order chi connectivity index (χ1) is 13.4. The Bertz CT molecular complexity index is 1080. The Morgan fingerprint density at radius 1 is 1.14 bits per heavy atom. The summed E-state index contributed by atoms with van der Waals surface area (Å²) in [4.78, 5) is 12.6. The Hall–Kier alpha value is -3.11. The molecule has 2 N–H and O–H groups in total. The summed E-state index contributed by atoms with van der Waals surface area (Å²) in [7, 11) is -3.56. The molecule has 9 nitrogen and oxygen atoms in total. The molecule has 10 heteroatoms. The zero-order chi connectivity index (χ0) is 20.1. The van der Waals surface area contributed by atoms with Gasteiger partial charge < -0.3 is 5.32 Å². The number of aromatic nitrogens is 4. The molecule has 146 valence electrons. The molecule has 1 aromatic heterocycles. The number of tetrazole rings is 1. The summed E-state index contributed by atoms with van der Waals surface area (Å²) in [6.45, 7) is 4.02. The summed E-state index contributed by atoms with van der Waals surface area (Å²) < 4.78 is 28.3. The number of carbonyl (C=O) groups is 1. The van der Waals surface area contributed by atoms with Crippen molar-refractivity contribution in [3.05, 3.63) is 59.9 Å². The van der Waals surface area contributed by atoms with Crippen molar-refractivity contribution in [3.8, 4) is 5.69 Å². The lowest BCUT2D eigenvalue weighted by Crippen LogP contribution is -2.24. The van der Waals surface area contributed by atoms with Crippen molar-refractivity contribution in [3.63, 3.8) is 0 Å². The van der Waals surface area contributed by atoms with Crippen LogP contribution in [0.2, 0.25) is 0 Å². The summed E-state index contributed by atoms with van der Waals surface area (Å²) in [5.41, 5.74) is 1.63. The topological polar surface area (TPSA) is 119 Å². The molecule has 0 aliphatic heterocycles. The molecule has 0 unspecified atom stereocenters. The number of hydrogen-bond donors (Lipinski definition) is 2. The molecule has 1 amide bonds. The van der Waals surface area contributed by atoms with E-state index < -0.39 is 10.0 Å². The van der Waals surface area contributed by atoms with Gasteiger partial charge in [-0.3, -0.25) is 4.79 Å². The van der Waals surface area contributed by atoms with E-state index in [0.717, 1.165) is 0 Å². The highest BCUT2D eigenvalue weighted by Gasteiger charge is 2.14. The van der Waals surface area contributed by atoms with E-state index in [4.69, 9.17) is 0 Å². The number of carbonyl (C=O) groups excluding carboxylic acids is 1. The van der Waals surface area contributed by atoms with Gasteiger partial charge in [-0.25, -0.2) is 13.1 Å². The van der Waals surface area contributed by atoms with E-state index in [0.29, 0.717) is 35.7 Å². The van der Waals surface area contributed by atoms with Gasteiger partial charge in [0.25, 0.3) is 5.91 Å². The third kappa shape index (κ3) is 4.41. The second-order valence-corrected chi connectivity index (χ2v) is 7.83. The maximum absolute atomic E-state index is 12.5. The number of sulfonamides is 1. The molecule has 0 atom stereocenters. The lowest BCUT2D eigenvalue weighted by atomic mass is 10.2. The molecule has 0 bridgehead atoms. The largest absolute Gasteiger partial charge is 0.322 e. The third-order valence-corrected chi connectivity index (χ3v) is 5.42. The molecule has 3 aromatic rings. The van der Waals surface area contributed by atoms with E-state index in [9.17, 15) is 13.2 Å². The first-order valence-corrected chi connectivity index (χ1v) is 10.2. The second kappa shape index (κ2) is 8.28. The van der Waals surface area contributed by atoms with Crippen LogP contribution in [0.15, 0.2) is 53.4 Å². The third-order valence-electron chi connectivity index (χ3n) is 3.94. The van der Waals surface area contributed by atoms with Crippen LogP contribution in [0.25, 0.3) is 5.69 Å². The van der Waals surface area contributed by atoms with Crippen LogP contribution in [-0.4, -0.2) is 41.1 Å². The molecule has 0 saturated carbocycles. The molecule has 0 fully saturated rings. The summed E-state index contributed by atoms with van der Waals surface area (Å²) >= 11 is 0. The van der Waals surface area contributed by atoms with E-state index in [1.807, 2.05) is 13.0 Å². The van der Waals surface area contributed by atoms with Gasteiger partial charge in [0.05, 0.1) is 10.6 Å². The summed E-state index contributed by atoms with van der Waals surface area (Å²) in [6, 6.07) is 12.9. The van der Waals surface area contributed by atoms with E-state index in [1.165, 1.54) is 24.3 Å². The summed E-state index contributed by atoms with van der Waals surface area (Å²) in [5.74, 6) is 0.271. The Labute approximate surface area is 162 Å². The lowest BCUT2D eigenvalue weighted by Gasteiger charge is -2.09. The minimum absolute atomic E-state index is 0.119. The summed E-state index contributed by atoms with van der Waals surface area (Å²) in [6.07, 6.45) is 0.697. The molecular formula is C18H20N6O3S. The van der Waals surface area contributed by atoms with Gasteiger partial charge in [0.15, 0.2) is 5.82 Å². The first-order valence-electron chi connectivity index (χ1n) is 8.67. The van der Waals surface area contributed by atoms with Gasteiger partial charge >= 0.3 is 0 Å². The predicted molar refractivity (Wildman–Crippen MR) is 104 cm³/mol. The Morgan fingerprint density at radius 3 is 2.54 bits per heavy atom. The van der Waals surface area contributed by atoms with Crippen molar-refractivity contribution in [2.45, 2.75) is 25.2 Å². The number of nitrogens with zero attached hydrogens (tertiary/aromatic N) is 4. The molecule has 1 heterocycles. The normalized spacial score (nSPS) is 11.4. The first kappa shape index (κ1) is 19.6. The van der Waals surface area contributed by atoms with Crippen LogP contribution in [0.5, 0.6) is 0 Å².